The Labute approximate surface area is 359 Å². The number of benzene rings is 7. The van der Waals surface area contributed by atoms with Crippen molar-refractivity contribution in [2.45, 2.75) is 95.4 Å². The van der Waals surface area contributed by atoms with E-state index in [1.165, 1.54) is 117 Å². The van der Waals surface area contributed by atoms with E-state index in [9.17, 15) is 0 Å². The van der Waals surface area contributed by atoms with Gasteiger partial charge in [-0.1, -0.05) is 86.5 Å². The Bertz CT molecular complexity index is 2810. The summed E-state index contributed by atoms with van der Waals surface area (Å²) in [6.07, 6.45) is 0. The van der Waals surface area contributed by atoms with Crippen molar-refractivity contribution in [1.82, 2.24) is 0 Å². The number of rotatable bonds is 5. The van der Waals surface area contributed by atoms with Crippen molar-refractivity contribution < 1.29 is 0 Å². The lowest BCUT2D eigenvalue weighted by molar-refractivity contribution is 0.591. The molecule has 0 saturated heterocycles. The highest BCUT2D eigenvalue weighted by molar-refractivity contribution is 7.00. The minimum atomic E-state index is -0.0188. The number of aryl methyl sites for hydroxylation is 10. The van der Waals surface area contributed by atoms with Gasteiger partial charge in [0.25, 0.3) is 6.71 Å². The van der Waals surface area contributed by atoms with E-state index >= 15 is 0 Å². The number of nitrogens with zero attached hydrogens (tertiary/aromatic N) is 3. The molecule has 2 heterocycles. The highest BCUT2D eigenvalue weighted by Crippen LogP contribution is 2.49. The van der Waals surface area contributed by atoms with E-state index in [-0.39, 0.29) is 12.1 Å². The summed E-state index contributed by atoms with van der Waals surface area (Å²) in [7, 11) is 0. The summed E-state index contributed by atoms with van der Waals surface area (Å²) < 4.78 is 0. The van der Waals surface area contributed by atoms with E-state index in [4.69, 9.17) is 0 Å². The second-order valence-electron chi connectivity index (χ2n) is 19.0. The van der Waals surface area contributed by atoms with Crippen LogP contribution in [-0.4, -0.2) is 6.71 Å². The third-order valence-corrected chi connectivity index (χ3v) is 13.3. The molecular formula is C56H58BN3. The first-order valence-electron chi connectivity index (χ1n) is 21.6. The van der Waals surface area contributed by atoms with Gasteiger partial charge in [-0.15, -0.1) is 0 Å². The quantitative estimate of drug-likeness (QED) is 0.161. The first-order valence-corrected chi connectivity index (χ1v) is 21.6. The van der Waals surface area contributed by atoms with Crippen LogP contribution in [-0.2, 0) is 5.41 Å². The highest BCUT2D eigenvalue weighted by atomic mass is 15.2. The van der Waals surface area contributed by atoms with E-state index in [1.54, 1.807) is 0 Å². The molecule has 4 heteroatoms. The molecule has 0 atom stereocenters. The molecule has 0 spiro atoms. The Morgan fingerprint density at radius 2 is 0.850 bits per heavy atom. The van der Waals surface area contributed by atoms with E-state index in [2.05, 4.69) is 220 Å². The van der Waals surface area contributed by atoms with Crippen molar-refractivity contribution in [2.24, 2.45) is 0 Å². The fourth-order valence-corrected chi connectivity index (χ4v) is 9.70. The Morgan fingerprint density at radius 3 is 1.35 bits per heavy atom. The van der Waals surface area contributed by atoms with Crippen molar-refractivity contribution in [2.75, 3.05) is 14.7 Å². The molecule has 0 aliphatic carbocycles. The predicted octanol–water partition coefficient (Wildman–Crippen LogP) is 13.6. The number of fused-ring (bicyclic) bond motifs is 4. The van der Waals surface area contributed by atoms with Crippen LogP contribution in [0.1, 0.15) is 82.0 Å². The Hall–Kier alpha value is -6.00. The smallest absolute Gasteiger partial charge is 0.252 e. The average Bonchev–Trinajstić information content (AvgIpc) is 3.19. The van der Waals surface area contributed by atoms with Crippen molar-refractivity contribution >= 4 is 74.3 Å². The Balaban J connectivity index is 1.41. The van der Waals surface area contributed by atoms with Crippen LogP contribution < -0.4 is 31.1 Å². The van der Waals surface area contributed by atoms with Crippen LogP contribution >= 0.6 is 0 Å². The Kier molecular flexibility index (Phi) is 9.43. The largest absolute Gasteiger partial charge is 0.311 e. The number of anilines is 9. The van der Waals surface area contributed by atoms with Gasteiger partial charge >= 0.3 is 0 Å². The lowest BCUT2D eigenvalue weighted by Gasteiger charge is -2.46. The summed E-state index contributed by atoms with van der Waals surface area (Å²) in [5, 5.41) is 0. The predicted molar refractivity (Wildman–Crippen MR) is 261 cm³/mol. The topological polar surface area (TPSA) is 9.72 Å². The summed E-state index contributed by atoms with van der Waals surface area (Å²) in [5.41, 5.74) is 29.1. The molecule has 7 aromatic carbocycles. The van der Waals surface area contributed by atoms with Crippen molar-refractivity contribution in [3.63, 3.8) is 0 Å². The summed E-state index contributed by atoms with van der Waals surface area (Å²) in [4.78, 5) is 7.64. The summed E-state index contributed by atoms with van der Waals surface area (Å²) >= 11 is 0. The van der Waals surface area contributed by atoms with Gasteiger partial charge in [0.05, 0.1) is 5.69 Å². The zero-order valence-corrected chi connectivity index (χ0v) is 37.9. The van der Waals surface area contributed by atoms with Crippen LogP contribution in [0, 0.1) is 69.2 Å². The molecule has 0 radical (unpaired) electrons. The van der Waals surface area contributed by atoms with E-state index in [0.29, 0.717) is 0 Å². The van der Waals surface area contributed by atoms with Gasteiger partial charge in [-0.05, 0) is 202 Å². The molecule has 0 aromatic heterocycles. The molecule has 300 valence electrons. The van der Waals surface area contributed by atoms with Gasteiger partial charge < -0.3 is 14.7 Å². The maximum absolute atomic E-state index is 2.61. The first-order chi connectivity index (χ1) is 28.5. The van der Waals surface area contributed by atoms with E-state index < -0.39 is 0 Å². The maximum atomic E-state index is 2.61. The van der Waals surface area contributed by atoms with Crippen LogP contribution in [0.15, 0.2) is 115 Å². The average molecular weight is 784 g/mol. The summed E-state index contributed by atoms with van der Waals surface area (Å²) in [6.45, 7) is 29.5. The van der Waals surface area contributed by atoms with Crippen LogP contribution in [0.3, 0.4) is 0 Å². The molecule has 9 rings (SSSR count). The number of hydrogen-bond donors (Lipinski definition) is 0. The van der Waals surface area contributed by atoms with Crippen molar-refractivity contribution in [3.8, 4) is 0 Å². The molecule has 7 aromatic rings. The molecule has 3 nitrogen and oxygen atoms in total. The second kappa shape index (κ2) is 14.3. The Morgan fingerprint density at radius 1 is 0.383 bits per heavy atom. The second-order valence-corrected chi connectivity index (χ2v) is 19.0. The zero-order valence-electron chi connectivity index (χ0n) is 37.9. The van der Waals surface area contributed by atoms with E-state index in [1.807, 2.05) is 0 Å². The van der Waals surface area contributed by atoms with Gasteiger partial charge in [-0.2, -0.15) is 0 Å². The maximum Gasteiger partial charge on any atom is 0.252 e. The molecule has 0 bridgehead atoms. The minimum absolute atomic E-state index is 0.0188. The molecule has 0 fully saturated rings. The van der Waals surface area contributed by atoms with Crippen LogP contribution in [0.2, 0.25) is 0 Å². The van der Waals surface area contributed by atoms with Crippen LogP contribution in [0.5, 0.6) is 0 Å². The molecule has 0 amide bonds. The van der Waals surface area contributed by atoms with Gasteiger partial charge in [0, 0.05) is 45.5 Å². The van der Waals surface area contributed by atoms with Gasteiger partial charge in [0.1, 0.15) is 0 Å². The lowest BCUT2D eigenvalue weighted by Crippen LogP contribution is -2.61. The van der Waals surface area contributed by atoms with Gasteiger partial charge in [-0.3, -0.25) is 0 Å². The fourth-order valence-electron chi connectivity index (χ4n) is 9.70. The molecule has 2 aliphatic rings. The summed E-state index contributed by atoms with van der Waals surface area (Å²) in [6, 6.07) is 44.7. The number of hydrogen-bond acceptors (Lipinski definition) is 3. The third-order valence-electron chi connectivity index (χ3n) is 13.3. The highest BCUT2D eigenvalue weighted by Gasteiger charge is 2.45. The molecular weight excluding hydrogens is 725 g/mol. The SMILES string of the molecule is Cc1ccc(N(c2ccc(C)cc2)c2cc3c(cc2C)B2c4cc(C(C)(C)C)ccc4N(c4cc(C)c(C)cc4C)c4cc(C)cc(c42)N3c2cc(C)c(C)cc2C)cc1. The van der Waals surface area contributed by atoms with Crippen molar-refractivity contribution in [1.29, 1.82) is 0 Å². The van der Waals surface area contributed by atoms with Gasteiger partial charge in [0.2, 0.25) is 0 Å². The molecule has 2 aliphatic heterocycles. The standard InChI is InChI=1S/C56H58BN3/c1-33-14-19-44(20-15-33)58(45-21-16-34(2)17-22-45)51-32-52-46(28-42(51)10)57-47-31-43(56(11,12)13)18-23-48(47)59(49-29-38(6)36(4)26-40(49)8)53-24-35(3)25-54(55(53)57)60(52)50-30-39(7)37(5)27-41(50)9/h14-32H,1-13H3. The summed E-state index contributed by atoms with van der Waals surface area (Å²) in [5.74, 6) is 0. The van der Waals surface area contributed by atoms with Crippen LogP contribution in [0.4, 0.5) is 51.2 Å². The molecule has 60 heavy (non-hydrogen) atoms. The third kappa shape index (κ3) is 6.43. The lowest BCUT2D eigenvalue weighted by atomic mass is 9.33. The molecule has 0 unspecified atom stereocenters. The monoisotopic (exact) mass is 783 g/mol. The van der Waals surface area contributed by atoms with Crippen LogP contribution in [0.25, 0.3) is 0 Å². The first kappa shape index (κ1) is 39.5. The minimum Gasteiger partial charge on any atom is -0.311 e. The zero-order chi connectivity index (χ0) is 42.5. The fraction of sp³-hybridized carbons (Fsp3) is 0.250. The van der Waals surface area contributed by atoms with Crippen molar-refractivity contribution in [3.05, 3.63) is 176 Å². The van der Waals surface area contributed by atoms with E-state index in [0.717, 1.165) is 11.4 Å². The molecule has 0 saturated carbocycles. The van der Waals surface area contributed by atoms with Gasteiger partial charge in [-0.25, -0.2) is 0 Å². The van der Waals surface area contributed by atoms with Gasteiger partial charge in [0.15, 0.2) is 0 Å². The normalized spacial score (nSPS) is 13.0. The molecule has 0 N–H and O–H groups in total.